The lowest BCUT2D eigenvalue weighted by atomic mass is 9.86. The maximum atomic E-state index is 13.9. The summed E-state index contributed by atoms with van der Waals surface area (Å²) in [5.74, 6) is -1.78. The highest BCUT2D eigenvalue weighted by atomic mass is 35.5. The molecule has 0 saturated heterocycles. The van der Waals surface area contributed by atoms with Gasteiger partial charge in [0.05, 0.1) is 15.6 Å². The number of rotatable bonds is 3. The summed E-state index contributed by atoms with van der Waals surface area (Å²) < 4.78 is 13.9. The van der Waals surface area contributed by atoms with Crippen molar-refractivity contribution in [2.24, 2.45) is 5.41 Å². The number of alkyl halides is 1. The predicted molar refractivity (Wildman–Crippen MR) is 70.2 cm³/mol. The van der Waals surface area contributed by atoms with Gasteiger partial charge in [-0.25, -0.2) is 4.39 Å². The molecule has 98 valence electrons. The molecule has 1 unspecified atom stereocenters. The van der Waals surface area contributed by atoms with Gasteiger partial charge in [-0.3, -0.25) is 9.59 Å². The van der Waals surface area contributed by atoms with Gasteiger partial charge in [-0.15, -0.1) is 0 Å². The minimum absolute atomic E-state index is 0.0388. The molecule has 0 fully saturated rings. The van der Waals surface area contributed by atoms with Gasteiger partial charge < -0.3 is 0 Å². The molecule has 0 spiro atoms. The SMILES string of the molecule is CC(C)(C)C(=O)C(F)C(=O)c1c(Cl)cccc1Cl. The molecule has 0 bridgehead atoms. The van der Waals surface area contributed by atoms with Gasteiger partial charge in [0.2, 0.25) is 12.0 Å². The third-order valence-corrected chi connectivity index (χ3v) is 3.04. The van der Waals surface area contributed by atoms with Gasteiger partial charge >= 0.3 is 0 Å². The normalized spacial score (nSPS) is 13.2. The molecule has 0 radical (unpaired) electrons. The summed E-state index contributed by atoms with van der Waals surface area (Å²) >= 11 is 11.6. The van der Waals surface area contributed by atoms with Crippen molar-refractivity contribution >= 4 is 34.8 Å². The van der Waals surface area contributed by atoms with E-state index in [1.54, 1.807) is 26.8 Å². The van der Waals surface area contributed by atoms with Crippen molar-refractivity contribution in [2.45, 2.75) is 26.9 Å². The van der Waals surface area contributed by atoms with E-state index in [1.807, 2.05) is 0 Å². The second-order valence-electron chi connectivity index (χ2n) is 4.94. The number of Topliss-reactive ketones (excluding diaryl/α,β-unsaturated/α-hetero) is 2. The van der Waals surface area contributed by atoms with Crippen LogP contribution in [0.15, 0.2) is 18.2 Å². The number of carbonyl (C=O) groups is 2. The maximum Gasteiger partial charge on any atom is 0.221 e. The third kappa shape index (κ3) is 3.09. The quantitative estimate of drug-likeness (QED) is 0.620. The summed E-state index contributed by atoms with van der Waals surface area (Å²) in [7, 11) is 0. The lowest BCUT2D eigenvalue weighted by Gasteiger charge is -2.19. The smallest absolute Gasteiger partial charge is 0.221 e. The average Bonchev–Trinajstić information content (AvgIpc) is 2.25. The summed E-state index contributed by atoms with van der Waals surface area (Å²) in [6.45, 7) is 4.64. The molecule has 1 aromatic rings. The van der Waals surface area contributed by atoms with E-state index in [9.17, 15) is 14.0 Å². The molecule has 1 atom stereocenters. The van der Waals surface area contributed by atoms with Gasteiger partial charge in [-0.05, 0) is 12.1 Å². The van der Waals surface area contributed by atoms with E-state index >= 15 is 0 Å². The molecule has 0 heterocycles. The highest BCUT2D eigenvalue weighted by Gasteiger charge is 2.36. The number of hydrogen-bond acceptors (Lipinski definition) is 2. The minimum atomic E-state index is -2.25. The van der Waals surface area contributed by atoms with Crippen molar-refractivity contribution in [3.8, 4) is 0 Å². The van der Waals surface area contributed by atoms with E-state index < -0.39 is 23.2 Å². The van der Waals surface area contributed by atoms with Crippen molar-refractivity contribution in [3.63, 3.8) is 0 Å². The zero-order valence-electron chi connectivity index (χ0n) is 10.3. The third-order valence-electron chi connectivity index (χ3n) is 2.41. The predicted octanol–water partition coefficient (Wildman–Crippen LogP) is 4.13. The number of halogens is 3. The number of ketones is 2. The lowest BCUT2D eigenvalue weighted by molar-refractivity contribution is -0.129. The minimum Gasteiger partial charge on any atom is -0.295 e. The summed E-state index contributed by atoms with van der Waals surface area (Å²) in [5, 5.41) is 0.0775. The number of benzene rings is 1. The Morgan fingerprint density at radius 2 is 1.61 bits per heavy atom. The molecule has 0 aliphatic rings. The highest BCUT2D eigenvalue weighted by Crippen LogP contribution is 2.28. The van der Waals surface area contributed by atoms with Gasteiger partial charge in [0.25, 0.3) is 0 Å². The molecule has 0 aromatic heterocycles. The molecular formula is C13H13Cl2FO2. The second-order valence-corrected chi connectivity index (χ2v) is 5.75. The van der Waals surface area contributed by atoms with Crippen LogP contribution in [0.3, 0.4) is 0 Å². The Balaban J connectivity index is 3.13. The van der Waals surface area contributed by atoms with Crippen molar-refractivity contribution in [1.29, 1.82) is 0 Å². The summed E-state index contributed by atoms with van der Waals surface area (Å²) in [4.78, 5) is 23.6. The first-order valence-corrected chi connectivity index (χ1v) is 6.08. The number of carbonyl (C=O) groups excluding carboxylic acids is 2. The van der Waals surface area contributed by atoms with Crippen LogP contribution in [0.2, 0.25) is 10.0 Å². The molecule has 0 N–H and O–H groups in total. The van der Waals surface area contributed by atoms with E-state index in [4.69, 9.17) is 23.2 Å². The first kappa shape index (κ1) is 15.1. The molecule has 0 saturated carbocycles. The van der Waals surface area contributed by atoms with Crippen molar-refractivity contribution in [2.75, 3.05) is 0 Å². The van der Waals surface area contributed by atoms with Gasteiger partial charge in [0.1, 0.15) is 0 Å². The summed E-state index contributed by atoms with van der Waals surface area (Å²) in [6.07, 6.45) is -2.25. The second kappa shape index (κ2) is 5.37. The zero-order valence-corrected chi connectivity index (χ0v) is 11.8. The van der Waals surface area contributed by atoms with Crippen LogP contribution < -0.4 is 0 Å². The standard InChI is InChI=1S/C13H13Cl2FO2/c1-13(2,3)12(18)10(16)11(17)9-7(14)5-4-6-8(9)15/h4-6,10H,1-3H3. The van der Waals surface area contributed by atoms with Crippen LogP contribution in [-0.2, 0) is 4.79 Å². The molecule has 0 amide bonds. The fourth-order valence-corrected chi connectivity index (χ4v) is 1.94. The van der Waals surface area contributed by atoms with E-state index in [0.717, 1.165) is 0 Å². The van der Waals surface area contributed by atoms with E-state index in [-0.39, 0.29) is 15.6 Å². The van der Waals surface area contributed by atoms with E-state index in [2.05, 4.69) is 0 Å². The highest BCUT2D eigenvalue weighted by molar-refractivity contribution is 6.40. The zero-order chi connectivity index (χ0) is 14.1. The fraction of sp³-hybridized carbons (Fsp3) is 0.385. The summed E-state index contributed by atoms with van der Waals surface area (Å²) in [5.41, 5.74) is -1.09. The molecule has 5 heteroatoms. The van der Waals surface area contributed by atoms with Crippen molar-refractivity contribution in [1.82, 2.24) is 0 Å². The monoisotopic (exact) mass is 290 g/mol. The Kier molecular flexibility index (Phi) is 4.51. The van der Waals surface area contributed by atoms with Gasteiger partial charge in [0, 0.05) is 5.41 Å². The van der Waals surface area contributed by atoms with Crippen LogP contribution in [0, 0.1) is 5.41 Å². The molecule has 0 aliphatic carbocycles. The Morgan fingerprint density at radius 3 is 2.00 bits per heavy atom. The first-order chi connectivity index (χ1) is 8.16. The fourth-order valence-electron chi connectivity index (χ4n) is 1.36. The van der Waals surface area contributed by atoms with Crippen LogP contribution in [0.5, 0.6) is 0 Å². The largest absolute Gasteiger partial charge is 0.295 e. The van der Waals surface area contributed by atoms with Crippen LogP contribution in [0.25, 0.3) is 0 Å². The van der Waals surface area contributed by atoms with Gasteiger partial charge in [0.15, 0.2) is 5.78 Å². The van der Waals surface area contributed by atoms with Crippen LogP contribution in [0.1, 0.15) is 31.1 Å². The maximum absolute atomic E-state index is 13.9. The van der Waals surface area contributed by atoms with Crippen LogP contribution >= 0.6 is 23.2 Å². The van der Waals surface area contributed by atoms with Crippen LogP contribution in [-0.4, -0.2) is 17.7 Å². The Hall–Kier alpha value is -0.930. The number of hydrogen-bond donors (Lipinski definition) is 0. The van der Waals surface area contributed by atoms with E-state index in [1.165, 1.54) is 12.1 Å². The molecule has 0 aliphatic heterocycles. The Morgan fingerprint density at radius 1 is 1.17 bits per heavy atom. The average molecular weight is 291 g/mol. The van der Waals surface area contributed by atoms with E-state index in [0.29, 0.717) is 0 Å². The Bertz CT molecular complexity index is 472. The van der Waals surface area contributed by atoms with Crippen molar-refractivity contribution < 1.29 is 14.0 Å². The molecular weight excluding hydrogens is 278 g/mol. The molecule has 18 heavy (non-hydrogen) atoms. The summed E-state index contributed by atoms with van der Waals surface area (Å²) in [6, 6.07) is 4.39. The van der Waals surface area contributed by atoms with Crippen molar-refractivity contribution in [3.05, 3.63) is 33.8 Å². The van der Waals surface area contributed by atoms with Gasteiger partial charge in [-0.2, -0.15) is 0 Å². The molecule has 1 aromatic carbocycles. The Labute approximate surface area is 115 Å². The van der Waals surface area contributed by atoms with Crippen LogP contribution in [0.4, 0.5) is 4.39 Å². The topological polar surface area (TPSA) is 34.1 Å². The lowest BCUT2D eigenvalue weighted by Crippen LogP contribution is -2.35. The molecule has 2 nitrogen and oxygen atoms in total. The molecule has 1 rings (SSSR count). The van der Waals surface area contributed by atoms with Gasteiger partial charge in [-0.1, -0.05) is 50.0 Å². The first-order valence-electron chi connectivity index (χ1n) is 5.33.